The van der Waals surface area contributed by atoms with Gasteiger partial charge in [-0.3, -0.25) is 9.59 Å². The van der Waals surface area contributed by atoms with Gasteiger partial charge in [0, 0.05) is 18.7 Å². The van der Waals surface area contributed by atoms with Crippen LogP contribution in [0, 0.1) is 5.41 Å². The fourth-order valence-electron chi connectivity index (χ4n) is 3.15. The Balaban J connectivity index is 1.72. The number of methoxy groups -OCH3 is 1. The number of nitrogens with zero attached hydrogens (tertiary/aromatic N) is 1. The highest BCUT2D eigenvalue weighted by Gasteiger charge is 2.42. The molecule has 0 spiro atoms. The lowest BCUT2D eigenvalue weighted by molar-refractivity contribution is -0.147. The van der Waals surface area contributed by atoms with E-state index in [0.29, 0.717) is 36.6 Å². The number of carbonyl (C=O) groups is 2. The summed E-state index contributed by atoms with van der Waals surface area (Å²) in [5.74, 6) is -0.0559. The molecule has 1 atom stereocenters. The minimum Gasteiger partial charge on any atom is -0.493 e. The Morgan fingerprint density at radius 1 is 1.15 bits per heavy atom. The maximum Gasteiger partial charge on any atom is 0.311 e. The number of benzene rings is 2. The number of hydrogen-bond acceptors (Lipinski definition) is 4. The predicted octanol–water partition coefficient (Wildman–Crippen LogP) is 3.21. The second-order valence-corrected chi connectivity index (χ2v) is 6.98. The third-order valence-electron chi connectivity index (χ3n) is 4.92. The summed E-state index contributed by atoms with van der Waals surface area (Å²) < 4.78 is 11.2. The number of rotatable bonds is 6. The van der Waals surface area contributed by atoms with E-state index < -0.39 is 11.4 Å². The molecule has 0 saturated carbocycles. The summed E-state index contributed by atoms with van der Waals surface area (Å²) in [5, 5.41) is 9.34. The molecule has 2 aromatic rings. The highest BCUT2D eigenvalue weighted by atomic mass is 16.5. The maximum atomic E-state index is 12.8. The number of carbonyl (C=O) groups excluding carboxylic acids is 1. The van der Waals surface area contributed by atoms with Gasteiger partial charge in [-0.05, 0) is 37.1 Å². The van der Waals surface area contributed by atoms with Crippen molar-refractivity contribution in [2.45, 2.75) is 20.0 Å². The Kier molecular flexibility index (Phi) is 5.35. The molecule has 1 amide bonds. The minimum absolute atomic E-state index is 0.201. The lowest BCUT2D eigenvalue weighted by Gasteiger charge is -2.20. The predicted molar refractivity (Wildman–Crippen MR) is 100 cm³/mol. The van der Waals surface area contributed by atoms with E-state index in [4.69, 9.17) is 9.47 Å². The van der Waals surface area contributed by atoms with Gasteiger partial charge in [0.15, 0.2) is 11.5 Å². The topological polar surface area (TPSA) is 76.1 Å². The van der Waals surface area contributed by atoms with Crippen LogP contribution in [0.4, 0.5) is 0 Å². The van der Waals surface area contributed by atoms with Crippen molar-refractivity contribution in [2.24, 2.45) is 5.41 Å². The van der Waals surface area contributed by atoms with Crippen molar-refractivity contribution < 1.29 is 24.2 Å². The molecule has 1 aliphatic heterocycles. The second kappa shape index (κ2) is 7.70. The number of carboxylic acids is 1. The molecule has 6 nitrogen and oxygen atoms in total. The van der Waals surface area contributed by atoms with E-state index >= 15 is 0 Å². The number of aliphatic carboxylic acids is 1. The Bertz CT molecular complexity index is 836. The molecular formula is C21H23NO5. The average molecular weight is 369 g/mol. The van der Waals surface area contributed by atoms with Crippen molar-refractivity contribution in [3.8, 4) is 11.5 Å². The summed E-state index contributed by atoms with van der Waals surface area (Å²) in [6.45, 7) is 2.70. The normalized spacial score (nSPS) is 19.0. The van der Waals surface area contributed by atoms with Crippen molar-refractivity contribution in [3.63, 3.8) is 0 Å². The Hall–Kier alpha value is -3.02. The van der Waals surface area contributed by atoms with Gasteiger partial charge >= 0.3 is 5.97 Å². The van der Waals surface area contributed by atoms with Crippen molar-refractivity contribution in [1.29, 1.82) is 0 Å². The number of carboxylic acid groups (broad SMARTS) is 1. The van der Waals surface area contributed by atoms with Gasteiger partial charge in [-0.1, -0.05) is 30.3 Å². The third kappa shape index (κ3) is 4.05. The van der Waals surface area contributed by atoms with Gasteiger partial charge in [-0.15, -0.1) is 0 Å². The minimum atomic E-state index is -0.890. The summed E-state index contributed by atoms with van der Waals surface area (Å²) in [5.41, 5.74) is 0.594. The van der Waals surface area contributed by atoms with Gasteiger partial charge in [-0.2, -0.15) is 0 Å². The Morgan fingerprint density at radius 2 is 1.89 bits per heavy atom. The van der Waals surface area contributed by atoms with Crippen LogP contribution >= 0.6 is 0 Å². The van der Waals surface area contributed by atoms with E-state index in [9.17, 15) is 14.7 Å². The second-order valence-electron chi connectivity index (χ2n) is 6.98. The van der Waals surface area contributed by atoms with Gasteiger partial charge in [0.05, 0.1) is 12.5 Å². The smallest absolute Gasteiger partial charge is 0.311 e. The Morgan fingerprint density at radius 3 is 2.52 bits per heavy atom. The van der Waals surface area contributed by atoms with Crippen molar-refractivity contribution in [3.05, 3.63) is 59.7 Å². The van der Waals surface area contributed by atoms with Crippen LogP contribution in [0.5, 0.6) is 11.5 Å². The van der Waals surface area contributed by atoms with E-state index in [1.165, 1.54) is 7.11 Å². The highest BCUT2D eigenvalue weighted by Crippen LogP contribution is 2.33. The molecule has 0 aliphatic carbocycles. The first-order valence-corrected chi connectivity index (χ1v) is 8.80. The first kappa shape index (κ1) is 18.8. The van der Waals surface area contributed by atoms with Crippen LogP contribution in [-0.2, 0) is 11.4 Å². The molecule has 1 heterocycles. The molecule has 27 heavy (non-hydrogen) atoms. The zero-order valence-corrected chi connectivity index (χ0v) is 15.5. The first-order valence-electron chi connectivity index (χ1n) is 8.80. The summed E-state index contributed by atoms with van der Waals surface area (Å²) in [6.07, 6.45) is 0.448. The zero-order valence-electron chi connectivity index (χ0n) is 15.5. The van der Waals surface area contributed by atoms with Crippen LogP contribution in [0.2, 0.25) is 0 Å². The van der Waals surface area contributed by atoms with Crippen LogP contribution in [0.3, 0.4) is 0 Å². The molecule has 142 valence electrons. The van der Waals surface area contributed by atoms with Crippen LogP contribution < -0.4 is 9.47 Å². The van der Waals surface area contributed by atoms with E-state index in [1.807, 2.05) is 30.3 Å². The van der Waals surface area contributed by atoms with Crippen molar-refractivity contribution in [1.82, 2.24) is 4.90 Å². The molecule has 0 radical (unpaired) electrons. The quantitative estimate of drug-likeness (QED) is 0.846. The highest BCUT2D eigenvalue weighted by molar-refractivity contribution is 5.95. The van der Waals surface area contributed by atoms with E-state index in [1.54, 1.807) is 30.0 Å². The van der Waals surface area contributed by atoms with Gasteiger partial charge in [-0.25, -0.2) is 0 Å². The summed E-state index contributed by atoms with van der Waals surface area (Å²) in [6, 6.07) is 14.8. The van der Waals surface area contributed by atoms with Crippen LogP contribution in [-0.4, -0.2) is 42.1 Å². The largest absolute Gasteiger partial charge is 0.493 e. The lowest BCUT2D eigenvalue weighted by atomic mass is 9.90. The molecule has 6 heteroatoms. The van der Waals surface area contributed by atoms with Gasteiger partial charge in [0.25, 0.3) is 5.91 Å². The molecular weight excluding hydrogens is 346 g/mol. The molecule has 0 aromatic heterocycles. The summed E-state index contributed by atoms with van der Waals surface area (Å²) in [4.78, 5) is 25.7. The monoisotopic (exact) mass is 369 g/mol. The van der Waals surface area contributed by atoms with E-state index in [0.717, 1.165) is 5.56 Å². The summed E-state index contributed by atoms with van der Waals surface area (Å²) >= 11 is 0. The molecule has 1 saturated heterocycles. The summed E-state index contributed by atoms with van der Waals surface area (Å²) in [7, 11) is 1.52. The van der Waals surface area contributed by atoms with Gasteiger partial charge in [0.2, 0.25) is 0 Å². The molecule has 1 aliphatic rings. The number of ether oxygens (including phenoxy) is 2. The fourth-order valence-corrected chi connectivity index (χ4v) is 3.15. The molecule has 1 unspecified atom stereocenters. The standard InChI is InChI=1S/C21H23NO5/c1-21(20(24)25)10-11-22(14-21)19(23)16-8-9-17(18(12-16)26-2)27-13-15-6-4-3-5-7-15/h3-9,12H,10-11,13-14H2,1-2H3,(H,24,25). The SMILES string of the molecule is COc1cc(C(=O)N2CCC(C)(C(=O)O)C2)ccc1OCc1ccccc1. The number of amides is 1. The molecule has 1 N–H and O–H groups in total. The fraction of sp³-hybridized carbons (Fsp3) is 0.333. The Labute approximate surface area is 158 Å². The maximum absolute atomic E-state index is 12.8. The average Bonchev–Trinajstić information content (AvgIpc) is 3.10. The van der Waals surface area contributed by atoms with Crippen LogP contribution in [0.15, 0.2) is 48.5 Å². The van der Waals surface area contributed by atoms with E-state index in [-0.39, 0.29) is 12.5 Å². The van der Waals surface area contributed by atoms with Crippen LogP contribution in [0.25, 0.3) is 0 Å². The third-order valence-corrected chi connectivity index (χ3v) is 4.92. The van der Waals surface area contributed by atoms with Gasteiger partial charge in [0.1, 0.15) is 6.61 Å². The molecule has 0 bridgehead atoms. The molecule has 1 fully saturated rings. The van der Waals surface area contributed by atoms with E-state index in [2.05, 4.69) is 0 Å². The first-order chi connectivity index (χ1) is 12.9. The van der Waals surface area contributed by atoms with Crippen LogP contribution in [0.1, 0.15) is 29.3 Å². The number of hydrogen-bond donors (Lipinski definition) is 1. The number of likely N-dealkylation sites (tertiary alicyclic amines) is 1. The van der Waals surface area contributed by atoms with Gasteiger partial charge < -0.3 is 19.5 Å². The molecule has 3 rings (SSSR count). The van der Waals surface area contributed by atoms with Crippen molar-refractivity contribution >= 4 is 11.9 Å². The van der Waals surface area contributed by atoms with Crippen molar-refractivity contribution in [2.75, 3.05) is 20.2 Å². The molecule has 2 aromatic carbocycles. The zero-order chi connectivity index (χ0) is 19.4. The lowest BCUT2D eigenvalue weighted by Crippen LogP contribution is -2.34.